The Hall–Kier alpha value is -2.08. The second-order valence-electron chi connectivity index (χ2n) is 4.57. The molecule has 0 unspecified atom stereocenters. The van der Waals surface area contributed by atoms with Gasteiger partial charge in [-0.25, -0.2) is 4.98 Å². The topological polar surface area (TPSA) is 75.5 Å². The van der Waals surface area contributed by atoms with Crippen molar-refractivity contribution in [2.45, 2.75) is 20.3 Å². The summed E-state index contributed by atoms with van der Waals surface area (Å²) in [7, 11) is 0. The Kier molecular flexibility index (Phi) is 4.80. The molecule has 0 atom stereocenters. The average molecular weight is 309 g/mol. The number of aromatic nitrogens is 2. The van der Waals surface area contributed by atoms with Crippen molar-refractivity contribution < 1.29 is 9.59 Å². The number of nitrogens with one attached hydrogen (secondary N) is 2. The molecule has 2 aromatic rings. The van der Waals surface area contributed by atoms with Crippen LogP contribution in [-0.2, 0) is 11.2 Å². The van der Waals surface area contributed by atoms with Gasteiger partial charge in [-0.2, -0.15) is 0 Å². The Balaban J connectivity index is 2.19. The molecule has 112 valence electrons. The van der Waals surface area contributed by atoms with Gasteiger partial charge in [0.05, 0.1) is 5.69 Å². The maximum atomic E-state index is 12.3. The molecule has 0 radical (unpaired) electrons. The summed E-state index contributed by atoms with van der Waals surface area (Å²) in [6.07, 6.45) is 2.38. The van der Waals surface area contributed by atoms with Gasteiger partial charge >= 0.3 is 0 Å². The van der Waals surface area contributed by atoms with Crippen LogP contribution in [0.2, 0.25) is 5.02 Å². The first-order valence-electron chi connectivity index (χ1n) is 6.72. The number of fused-ring (bicyclic) bond motifs is 1. The van der Waals surface area contributed by atoms with Crippen molar-refractivity contribution in [2.24, 2.45) is 0 Å². The molecule has 2 N–H and O–H groups in total. The fourth-order valence-corrected chi connectivity index (χ4v) is 2.21. The molecule has 0 aromatic carbocycles. The monoisotopic (exact) mass is 308 g/mol. The van der Waals surface area contributed by atoms with Crippen molar-refractivity contribution in [1.29, 1.82) is 0 Å². The van der Waals surface area contributed by atoms with Crippen molar-refractivity contribution >= 4 is 29.1 Å². The van der Waals surface area contributed by atoms with E-state index in [1.54, 1.807) is 22.7 Å². The van der Waals surface area contributed by atoms with Gasteiger partial charge in [0.15, 0.2) is 0 Å². The largest absolute Gasteiger partial charge is 0.355 e. The molecule has 0 aliphatic carbocycles. The van der Waals surface area contributed by atoms with Crippen molar-refractivity contribution in [2.75, 3.05) is 13.1 Å². The number of rotatable bonds is 5. The number of pyridine rings is 1. The first-order chi connectivity index (χ1) is 10.0. The van der Waals surface area contributed by atoms with Crippen molar-refractivity contribution in [3.05, 3.63) is 34.7 Å². The molecule has 0 saturated carbocycles. The summed E-state index contributed by atoms with van der Waals surface area (Å²) in [5, 5.41) is 5.98. The van der Waals surface area contributed by atoms with Gasteiger partial charge in [-0.05, 0) is 12.5 Å². The number of imidazole rings is 1. The van der Waals surface area contributed by atoms with E-state index in [9.17, 15) is 9.59 Å². The van der Waals surface area contributed by atoms with E-state index in [0.717, 1.165) is 0 Å². The zero-order valence-corrected chi connectivity index (χ0v) is 12.7. The number of hydrogen-bond donors (Lipinski definition) is 2. The molecule has 2 aromatic heterocycles. The fraction of sp³-hybridized carbons (Fsp3) is 0.357. The van der Waals surface area contributed by atoms with E-state index in [0.29, 0.717) is 41.6 Å². The van der Waals surface area contributed by atoms with Gasteiger partial charge in [0.1, 0.15) is 11.3 Å². The molecule has 0 bridgehead atoms. The van der Waals surface area contributed by atoms with E-state index >= 15 is 0 Å². The third-order valence-electron chi connectivity index (χ3n) is 2.99. The Morgan fingerprint density at radius 1 is 1.33 bits per heavy atom. The van der Waals surface area contributed by atoms with Crippen LogP contribution in [0.4, 0.5) is 0 Å². The van der Waals surface area contributed by atoms with Crippen LogP contribution >= 0.6 is 11.6 Å². The van der Waals surface area contributed by atoms with Gasteiger partial charge in [-0.15, -0.1) is 0 Å². The fourth-order valence-electron chi connectivity index (χ4n) is 2.05. The number of carbonyl (C=O) groups is 2. The van der Waals surface area contributed by atoms with Gasteiger partial charge in [-0.1, -0.05) is 18.5 Å². The lowest BCUT2D eigenvalue weighted by Gasteiger charge is -2.07. The SMILES string of the molecule is CCc1nc2cc(Cl)ccn2c1C(=O)NCCNC(C)=O. The second-order valence-corrected chi connectivity index (χ2v) is 5.01. The Morgan fingerprint density at radius 2 is 2.05 bits per heavy atom. The van der Waals surface area contributed by atoms with Crippen LogP contribution < -0.4 is 10.6 Å². The number of aryl methyl sites for hydroxylation is 1. The van der Waals surface area contributed by atoms with Crippen molar-refractivity contribution in [3.8, 4) is 0 Å². The van der Waals surface area contributed by atoms with E-state index < -0.39 is 0 Å². The smallest absolute Gasteiger partial charge is 0.270 e. The van der Waals surface area contributed by atoms with Gasteiger partial charge in [0.25, 0.3) is 5.91 Å². The zero-order chi connectivity index (χ0) is 15.4. The van der Waals surface area contributed by atoms with Crippen LogP contribution in [0.15, 0.2) is 18.3 Å². The van der Waals surface area contributed by atoms with Gasteiger partial charge in [0, 0.05) is 37.3 Å². The van der Waals surface area contributed by atoms with Crippen molar-refractivity contribution in [3.63, 3.8) is 0 Å². The normalized spacial score (nSPS) is 10.6. The summed E-state index contributed by atoms with van der Waals surface area (Å²) in [5.41, 5.74) is 1.87. The number of carbonyl (C=O) groups excluding carboxylic acids is 2. The lowest BCUT2D eigenvalue weighted by molar-refractivity contribution is -0.118. The molecule has 6 nitrogen and oxygen atoms in total. The summed E-state index contributed by atoms with van der Waals surface area (Å²) < 4.78 is 1.72. The average Bonchev–Trinajstić information content (AvgIpc) is 2.80. The predicted octanol–water partition coefficient (Wildman–Crippen LogP) is 1.42. The van der Waals surface area contributed by atoms with Gasteiger partial charge < -0.3 is 10.6 Å². The summed E-state index contributed by atoms with van der Waals surface area (Å²) >= 11 is 5.94. The minimum atomic E-state index is -0.216. The van der Waals surface area contributed by atoms with E-state index in [4.69, 9.17) is 11.6 Å². The van der Waals surface area contributed by atoms with Gasteiger partial charge in [-0.3, -0.25) is 14.0 Å². The molecular weight excluding hydrogens is 292 g/mol. The first kappa shape index (κ1) is 15.3. The van der Waals surface area contributed by atoms with Crippen LogP contribution in [0.3, 0.4) is 0 Å². The van der Waals surface area contributed by atoms with Crippen LogP contribution in [0.5, 0.6) is 0 Å². The maximum absolute atomic E-state index is 12.3. The highest BCUT2D eigenvalue weighted by Gasteiger charge is 2.17. The maximum Gasteiger partial charge on any atom is 0.270 e. The summed E-state index contributed by atoms with van der Waals surface area (Å²) in [6, 6.07) is 3.43. The molecule has 0 saturated heterocycles. The molecule has 21 heavy (non-hydrogen) atoms. The molecule has 7 heteroatoms. The van der Waals surface area contributed by atoms with E-state index in [1.165, 1.54) is 6.92 Å². The first-order valence-corrected chi connectivity index (χ1v) is 7.09. The van der Waals surface area contributed by atoms with Gasteiger partial charge in [0.2, 0.25) is 5.91 Å². The molecule has 0 aliphatic heterocycles. The second kappa shape index (κ2) is 6.58. The van der Waals surface area contributed by atoms with E-state index in [1.807, 2.05) is 6.92 Å². The minimum Gasteiger partial charge on any atom is -0.355 e. The lowest BCUT2D eigenvalue weighted by Crippen LogP contribution is -2.34. The highest BCUT2D eigenvalue weighted by atomic mass is 35.5. The lowest BCUT2D eigenvalue weighted by atomic mass is 10.2. The molecular formula is C14H17ClN4O2. The third kappa shape index (κ3) is 3.52. The molecule has 2 rings (SSSR count). The molecule has 2 heterocycles. The third-order valence-corrected chi connectivity index (χ3v) is 3.23. The predicted molar refractivity (Wildman–Crippen MR) is 80.6 cm³/mol. The summed E-state index contributed by atoms with van der Waals surface area (Å²) in [6.45, 7) is 4.14. The Labute approximate surface area is 127 Å². The minimum absolute atomic E-state index is 0.122. The number of hydrogen-bond acceptors (Lipinski definition) is 3. The number of halogens is 1. The van der Waals surface area contributed by atoms with Crippen molar-refractivity contribution in [1.82, 2.24) is 20.0 Å². The number of amides is 2. The van der Waals surface area contributed by atoms with E-state index in [-0.39, 0.29) is 11.8 Å². The standard InChI is InChI=1S/C14H17ClN4O2/c1-3-11-13(14(21)17-6-5-16-9(2)20)19-7-4-10(15)8-12(19)18-11/h4,7-8H,3,5-6H2,1-2H3,(H,16,20)(H,17,21). The zero-order valence-electron chi connectivity index (χ0n) is 11.9. The molecule has 0 spiro atoms. The summed E-state index contributed by atoms with van der Waals surface area (Å²) in [4.78, 5) is 27.5. The highest BCUT2D eigenvalue weighted by Crippen LogP contribution is 2.17. The number of nitrogens with zero attached hydrogens (tertiary/aromatic N) is 2. The highest BCUT2D eigenvalue weighted by molar-refractivity contribution is 6.30. The quantitative estimate of drug-likeness (QED) is 0.820. The van der Waals surface area contributed by atoms with Crippen LogP contribution in [0.25, 0.3) is 5.65 Å². The van der Waals surface area contributed by atoms with Crippen LogP contribution in [-0.4, -0.2) is 34.3 Å². The van der Waals surface area contributed by atoms with Crippen LogP contribution in [0.1, 0.15) is 30.0 Å². The van der Waals surface area contributed by atoms with Crippen LogP contribution in [0, 0.1) is 0 Å². The van der Waals surface area contributed by atoms with E-state index in [2.05, 4.69) is 15.6 Å². The molecule has 0 aliphatic rings. The Bertz CT molecular complexity index is 681. The molecule has 2 amide bonds. The molecule has 0 fully saturated rings. The Morgan fingerprint density at radius 3 is 2.71 bits per heavy atom. The summed E-state index contributed by atoms with van der Waals surface area (Å²) in [5.74, 6) is -0.338.